The van der Waals surface area contributed by atoms with Crippen molar-refractivity contribution in [3.8, 4) is 0 Å². The number of nitrogens with zero attached hydrogens (tertiary/aromatic N) is 2. The second-order valence-corrected chi connectivity index (χ2v) is 8.07. The Morgan fingerprint density at radius 2 is 2.07 bits per heavy atom. The first kappa shape index (κ1) is 19.8. The SMILES string of the molecule is CCN(c1ccc(C(=O)NCC2C(=O)N=C(C)C=C2C)s1)C1CCOCC1. The molecule has 1 atom stereocenters. The molecule has 6 nitrogen and oxygen atoms in total. The number of ether oxygens (including phenoxy) is 1. The van der Waals surface area contributed by atoms with Gasteiger partial charge in [0.1, 0.15) is 0 Å². The van der Waals surface area contributed by atoms with Crippen molar-refractivity contribution in [2.75, 3.05) is 31.2 Å². The predicted molar refractivity (Wildman–Crippen MR) is 109 cm³/mol. The largest absolute Gasteiger partial charge is 0.381 e. The van der Waals surface area contributed by atoms with Gasteiger partial charge in [0.2, 0.25) is 0 Å². The highest BCUT2D eigenvalue weighted by Gasteiger charge is 2.25. The number of dihydropyridines is 1. The van der Waals surface area contributed by atoms with Crippen molar-refractivity contribution in [3.05, 3.63) is 28.7 Å². The Balaban J connectivity index is 1.61. The number of thiophene rings is 1. The molecule has 1 aromatic rings. The van der Waals surface area contributed by atoms with Gasteiger partial charge in [-0.15, -0.1) is 11.3 Å². The number of amides is 2. The zero-order valence-corrected chi connectivity index (χ0v) is 17.0. The molecule has 0 saturated carbocycles. The summed E-state index contributed by atoms with van der Waals surface area (Å²) in [6.45, 7) is 8.63. The van der Waals surface area contributed by atoms with E-state index in [4.69, 9.17) is 4.74 Å². The average molecular weight is 390 g/mol. The van der Waals surface area contributed by atoms with Gasteiger partial charge >= 0.3 is 0 Å². The Kier molecular flexibility index (Phi) is 6.44. The predicted octanol–water partition coefficient (Wildman–Crippen LogP) is 3.05. The lowest BCUT2D eigenvalue weighted by atomic mass is 9.96. The van der Waals surface area contributed by atoms with E-state index in [1.54, 1.807) is 6.92 Å². The lowest BCUT2D eigenvalue weighted by Gasteiger charge is -2.34. The maximum Gasteiger partial charge on any atom is 0.261 e. The van der Waals surface area contributed by atoms with Crippen molar-refractivity contribution in [2.45, 2.75) is 39.7 Å². The van der Waals surface area contributed by atoms with Gasteiger partial charge < -0.3 is 15.0 Å². The van der Waals surface area contributed by atoms with Crippen LogP contribution in [0.2, 0.25) is 0 Å². The van der Waals surface area contributed by atoms with Crippen LogP contribution in [0.1, 0.15) is 43.3 Å². The van der Waals surface area contributed by atoms with E-state index in [9.17, 15) is 9.59 Å². The van der Waals surface area contributed by atoms with Crippen molar-refractivity contribution in [1.82, 2.24) is 5.32 Å². The highest BCUT2D eigenvalue weighted by atomic mass is 32.1. The third-order valence-corrected chi connectivity index (χ3v) is 6.23. The normalized spacial score (nSPS) is 20.9. The van der Waals surface area contributed by atoms with Crippen molar-refractivity contribution in [1.29, 1.82) is 0 Å². The topological polar surface area (TPSA) is 71.0 Å². The minimum atomic E-state index is -0.369. The van der Waals surface area contributed by atoms with Gasteiger partial charge in [-0.1, -0.05) is 5.57 Å². The smallest absolute Gasteiger partial charge is 0.261 e. The highest BCUT2D eigenvalue weighted by molar-refractivity contribution is 7.18. The molecule has 1 N–H and O–H groups in total. The molecule has 2 amide bonds. The summed E-state index contributed by atoms with van der Waals surface area (Å²) in [5.41, 5.74) is 1.66. The Labute approximate surface area is 164 Å². The number of carbonyl (C=O) groups excluding carboxylic acids is 2. The maximum absolute atomic E-state index is 12.6. The van der Waals surface area contributed by atoms with Gasteiger partial charge in [0, 0.05) is 38.1 Å². The number of rotatable bonds is 6. The summed E-state index contributed by atoms with van der Waals surface area (Å²) < 4.78 is 5.46. The van der Waals surface area contributed by atoms with Gasteiger partial charge in [0.25, 0.3) is 11.8 Å². The number of carbonyl (C=O) groups is 2. The summed E-state index contributed by atoms with van der Waals surface area (Å²) in [5, 5.41) is 4.01. The van der Waals surface area contributed by atoms with Gasteiger partial charge in [0.15, 0.2) is 0 Å². The van der Waals surface area contributed by atoms with Crippen LogP contribution in [0.3, 0.4) is 0 Å². The molecule has 2 aliphatic rings. The lowest BCUT2D eigenvalue weighted by Crippen LogP contribution is -2.39. The molecule has 1 aromatic heterocycles. The first-order valence-corrected chi connectivity index (χ1v) is 10.3. The lowest BCUT2D eigenvalue weighted by molar-refractivity contribution is -0.120. The molecule has 27 heavy (non-hydrogen) atoms. The maximum atomic E-state index is 12.6. The fraction of sp³-hybridized carbons (Fsp3) is 0.550. The van der Waals surface area contributed by atoms with Crippen LogP contribution in [-0.2, 0) is 9.53 Å². The van der Waals surface area contributed by atoms with Crippen LogP contribution in [0.4, 0.5) is 5.00 Å². The van der Waals surface area contributed by atoms with Gasteiger partial charge in [0.05, 0.1) is 15.8 Å². The molecule has 146 valence electrons. The Bertz CT molecular complexity index is 762. The molecule has 7 heteroatoms. The summed E-state index contributed by atoms with van der Waals surface area (Å²) in [6.07, 6.45) is 3.93. The van der Waals surface area contributed by atoms with Crippen molar-refractivity contribution < 1.29 is 14.3 Å². The third kappa shape index (κ3) is 4.65. The van der Waals surface area contributed by atoms with Crippen molar-refractivity contribution in [3.63, 3.8) is 0 Å². The van der Waals surface area contributed by atoms with Gasteiger partial charge in [-0.05, 0) is 51.8 Å². The summed E-state index contributed by atoms with van der Waals surface area (Å²) in [4.78, 5) is 31.7. The van der Waals surface area contributed by atoms with Crippen LogP contribution < -0.4 is 10.2 Å². The van der Waals surface area contributed by atoms with Crippen LogP contribution in [0.5, 0.6) is 0 Å². The van der Waals surface area contributed by atoms with Crippen LogP contribution in [0.15, 0.2) is 28.8 Å². The van der Waals surface area contributed by atoms with E-state index in [0.29, 0.717) is 10.9 Å². The summed E-state index contributed by atoms with van der Waals surface area (Å²) in [7, 11) is 0. The van der Waals surface area contributed by atoms with E-state index in [2.05, 4.69) is 22.1 Å². The standard InChI is InChI=1S/C20H27N3O3S/c1-4-23(15-7-9-26-10-8-15)18-6-5-17(27-18)20(25)21-12-16-13(2)11-14(3)22-19(16)24/h5-6,11,15-16H,4,7-10,12H2,1-3H3,(H,21,25). The molecule has 3 rings (SSSR count). The molecule has 2 aliphatic heterocycles. The van der Waals surface area contributed by atoms with E-state index < -0.39 is 0 Å². The van der Waals surface area contributed by atoms with Crippen LogP contribution in [0.25, 0.3) is 0 Å². The summed E-state index contributed by atoms with van der Waals surface area (Å²) in [6, 6.07) is 4.35. The number of nitrogens with one attached hydrogen (secondary N) is 1. The summed E-state index contributed by atoms with van der Waals surface area (Å²) in [5.74, 6) is -0.691. The minimum Gasteiger partial charge on any atom is -0.381 e. The van der Waals surface area contributed by atoms with Crippen molar-refractivity contribution >= 4 is 33.9 Å². The number of anilines is 1. The van der Waals surface area contributed by atoms with Gasteiger partial charge in [-0.2, -0.15) is 0 Å². The molecule has 0 radical (unpaired) electrons. The fourth-order valence-corrected chi connectivity index (χ4v) is 4.69. The first-order valence-electron chi connectivity index (χ1n) is 9.49. The number of hydrogen-bond donors (Lipinski definition) is 1. The quantitative estimate of drug-likeness (QED) is 0.812. The van der Waals surface area contributed by atoms with Crippen LogP contribution in [0, 0.1) is 5.92 Å². The third-order valence-electron chi connectivity index (χ3n) is 5.11. The van der Waals surface area contributed by atoms with E-state index in [1.807, 2.05) is 25.1 Å². The summed E-state index contributed by atoms with van der Waals surface area (Å²) >= 11 is 1.50. The first-order chi connectivity index (χ1) is 13.0. The van der Waals surface area contributed by atoms with E-state index >= 15 is 0 Å². The zero-order chi connectivity index (χ0) is 19.4. The Morgan fingerprint density at radius 3 is 2.74 bits per heavy atom. The molecule has 0 aromatic carbocycles. The molecule has 1 unspecified atom stereocenters. The number of allylic oxidation sites excluding steroid dienone is 1. The molecule has 1 fully saturated rings. The number of aliphatic imine (C=N–C) groups is 1. The van der Waals surface area contributed by atoms with Gasteiger partial charge in [-0.3, -0.25) is 9.59 Å². The molecule has 1 saturated heterocycles. The molecule has 0 aliphatic carbocycles. The molecule has 0 bridgehead atoms. The molecule has 3 heterocycles. The molecular weight excluding hydrogens is 362 g/mol. The van der Waals surface area contributed by atoms with Crippen LogP contribution >= 0.6 is 11.3 Å². The Hall–Kier alpha value is -1.99. The second-order valence-electron chi connectivity index (χ2n) is 7.01. The van der Waals surface area contributed by atoms with Crippen molar-refractivity contribution in [2.24, 2.45) is 10.9 Å². The Morgan fingerprint density at radius 1 is 1.33 bits per heavy atom. The van der Waals surface area contributed by atoms with E-state index in [1.165, 1.54) is 11.3 Å². The average Bonchev–Trinajstić information content (AvgIpc) is 3.12. The molecular formula is C20H27N3O3S. The second kappa shape index (κ2) is 8.80. The zero-order valence-electron chi connectivity index (χ0n) is 16.2. The highest BCUT2D eigenvalue weighted by Crippen LogP contribution is 2.30. The van der Waals surface area contributed by atoms with Crippen LogP contribution in [-0.4, -0.2) is 49.9 Å². The van der Waals surface area contributed by atoms with E-state index in [0.717, 1.165) is 48.9 Å². The van der Waals surface area contributed by atoms with Gasteiger partial charge in [-0.25, -0.2) is 4.99 Å². The molecule has 0 spiro atoms. The minimum absolute atomic E-state index is 0.138. The van der Waals surface area contributed by atoms with E-state index in [-0.39, 0.29) is 24.3 Å². The monoisotopic (exact) mass is 389 g/mol. The number of hydrogen-bond acceptors (Lipinski definition) is 5. The fourth-order valence-electron chi connectivity index (χ4n) is 3.63.